The molecule has 0 aliphatic heterocycles. The van der Waals surface area contributed by atoms with E-state index >= 15 is 0 Å². The van der Waals surface area contributed by atoms with Gasteiger partial charge in [0, 0.05) is 10.8 Å². The fourth-order valence-corrected chi connectivity index (χ4v) is 0.627. The van der Waals surface area contributed by atoms with Crippen LogP contribution < -0.4 is 5.73 Å². The molecule has 0 rings (SSSR count). The van der Waals surface area contributed by atoms with Crippen molar-refractivity contribution in [3.63, 3.8) is 0 Å². The maximum atomic E-state index is 8.65. The molecular formula is C6H15NOS. The lowest BCUT2D eigenvalue weighted by Crippen LogP contribution is -2.46. The summed E-state index contributed by atoms with van der Waals surface area (Å²) >= 11 is 4.12. The summed E-state index contributed by atoms with van der Waals surface area (Å²) in [5, 5.41) is 8.54. The first-order valence-corrected chi connectivity index (χ1v) is 3.64. The molecule has 9 heavy (non-hydrogen) atoms. The van der Waals surface area contributed by atoms with Gasteiger partial charge in [-0.3, -0.25) is 0 Å². The highest BCUT2D eigenvalue weighted by atomic mass is 32.1. The van der Waals surface area contributed by atoms with Gasteiger partial charge >= 0.3 is 0 Å². The third-order valence-electron chi connectivity index (χ3n) is 1.70. The van der Waals surface area contributed by atoms with E-state index in [0.29, 0.717) is 0 Å². The van der Waals surface area contributed by atoms with Gasteiger partial charge in [0.05, 0.1) is 6.61 Å². The molecular weight excluding hydrogens is 134 g/mol. The van der Waals surface area contributed by atoms with Crippen LogP contribution in [0.3, 0.4) is 0 Å². The highest BCUT2D eigenvalue weighted by Crippen LogP contribution is 2.15. The Morgan fingerprint density at radius 2 is 2.22 bits per heavy atom. The first-order valence-electron chi connectivity index (χ1n) is 3.12. The van der Waals surface area contributed by atoms with E-state index in [1.54, 1.807) is 0 Å². The summed E-state index contributed by atoms with van der Waals surface area (Å²) in [5.74, 6) is 0. The summed E-state index contributed by atoms with van der Waals surface area (Å²) < 4.78 is 0. The van der Waals surface area contributed by atoms with Crippen molar-refractivity contribution < 1.29 is 5.11 Å². The number of aliphatic hydroxyl groups is 1. The molecule has 0 aromatic heterocycles. The molecule has 0 aliphatic rings. The van der Waals surface area contributed by atoms with Gasteiger partial charge in [0.25, 0.3) is 0 Å². The molecule has 56 valence electrons. The minimum absolute atomic E-state index is 0.0456. The van der Waals surface area contributed by atoms with Gasteiger partial charge in [0.1, 0.15) is 0 Å². The minimum Gasteiger partial charge on any atom is -0.395 e. The third-order valence-corrected chi connectivity index (χ3v) is 2.45. The van der Waals surface area contributed by atoms with Crippen LogP contribution in [0.25, 0.3) is 0 Å². The van der Waals surface area contributed by atoms with Gasteiger partial charge < -0.3 is 10.8 Å². The van der Waals surface area contributed by atoms with E-state index in [9.17, 15) is 0 Å². The van der Waals surface area contributed by atoms with Crippen LogP contribution in [0.15, 0.2) is 0 Å². The summed E-state index contributed by atoms with van der Waals surface area (Å²) in [6, 6.07) is 0. The summed E-state index contributed by atoms with van der Waals surface area (Å²) in [6.07, 6.45) is 0.835. The molecule has 0 saturated heterocycles. The second-order valence-corrected chi connectivity index (χ2v) is 3.18. The number of rotatable bonds is 3. The van der Waals surface area contributed by atoms with Gasteiger partial charge in [-0.25, -0.2) is 0 Å². The van der Waals surface area contributed by atoms with E-state index in [4.69, 9.17) is 10.8 Å². The third kappa shape index (κ3) is 2.56. The molecule has 0 fully saturated rings. The summed E-state index contributed by atoms with van der Waals surface area (Å²) in [6.45, 7) is 3.92. The Labute approximate surface area is 61.9 Å². The summed E-state index contributed by atoms with van der Waals surface area (Å²) in [4.78, 5) is 0. The van der Waals surface area contributed by atoms with Crippen molar-refractivity contribution in [2.24, 2.45) is 5.73 Å². The quantitative estimate of drug-likeness (QED) is 0.509. The fourth-order valence-electron chi connectivity index (χ4n) is 0.444. The zero-order valence-electron chi connectivity index (χ0n) is 5.96. The van der Waals surface area contributed by atoms with E-state index in [0.717, 1.165) is 6.42 Å². The first kappa shape index (κ1) is 9.27. The lowest BCUT2D eigenvalue weighted by atomic mass is 9.96. The van der Waals surface area contributed by atoms with E-state index in [2.05, 4.69) is 12.6 Å². The van der Waals surface area contributed by atoms with E-state index in [1.165, 1.54) is 0 Å². The number of aliphatic hydroxyl groups excluding tert-OH is 1. The normalized spacial score (nSPS) is 21.0. The molecule has 0 saturated carbocycles. The van der Waals surface area contributed by atoms with Crippen molar-refractivity contribution in [3.8, 4) is 0 Å². The Kier molecular flexibility index (Phi) is 3.54. The van der Waals surface area contributed by atoms with Crippen LogP contribution in [-0.4, -0.2) is 22.5 Å². The zero-order valence-corrected chi connectivity index (χ0v) is 6.86. The molecule has 3 heteroatoms. The Hall–Kier alpha value is 0.270. The molecule has 0 aliphatic carbocycles. The molecule has 0 radical (unpaired) electrons. The van der Waals surface area contributed by atoms with E-state index < -0.39 is 0 Å². The second-order valence-electron chi connectivity index (χ2n) is 2.56. The van der Waals surface area contributed by atoms with Crippen LogP contribution in [0.1, 0.15) is 20.3 Å². The summed E-state index contributed by atoms with van der Waals surface area (Å²) in [5.41, 5.74) is 5.40. The maximum absolute atomic E-state index is 8.65. The van der Waals surface area contributed by atoms with Gasteiger partial charge in [0.15, 0.2) is 0 Å². The van der Waals surface area contributed by atoms with Crippen LogP contribution >= 0.6 is 12.6 Å². The standard InChI is InChI=1S/C6H15NOS/c1-3-6(2,7)5(9)4-8/h5,8-9H,3-4,7H2,1-2H3/t5?,6-/m0/s1. The van der Waals surface area contributed by atoms with Crippen LogP contribution in [-0.2, 0) is 0 Å². The van der Waals surface area contributed by atoms with Crippen molar-refractivity contribution in [1.82, 2.24) is 0 Å². The van der Waals surface area contributed by atoms with Crippen molar-refractivity contribution in [2.75, 3.05) is 6.61 Å². The minimum atomic E-state index is -0.335. The molecule has 0 aromatic rings. The largest absolute Gasteiger partial charge is 0.395 e. The first-order chi connectivity index (χ1) is 4.04. The van der Waals surface area contributed by atoms with Crippen molar-refractivity contribution in [2.45, 2.75) is 31.1 Å². The Morgan fingerprint density at radius 3 is 2.33 bits per heavy atom. The van der Waals surface area contributed by atoms with Crippen molar-refractivity contribution >= 4 is 12.6 Å². The number of hydrogen-bond acceptors (Lipinski definition) is 3. The van der Waals surface area contributed by atoms with Crippen LogP contribution in [0.4, 0.5) is 0 Å². The topological polar surface area (TPSA) is 46.2 Å². The molecule has 0 amide bonds. The average Bonchev–Trinajstić information content (AvgIpc) is 1.86. The molecule has 3 N–H and O–H groups in total. The molecule has 2 nitrogen and oxygen atoms in total. The van der Waals surface area contributed by atoms with Gasteiger partial charge in [0.2, 0.25) is 0 Å². The molecule has 0 aromatic carbocycles. The lowest BCUT2D eigenvalue weighted by molar-refractivity contribution is 0.253. The Balaban J connectivity index is 3.80. The van der Waals surface area contributed by atoms with Crippen LogP contribution in [0, 0.1) is 0 Å². The Morgan fingerprint density at radius 1 is 1.78 bits per heavy atom. The monoisotopic (exact) mass is 149 g/mol. The average molecular weight is 149 g/mol. The van der Waals surface area contributed by atoms with Crippen molar-refractivity contribution in [3.05, 3.63) is 0 Å². The van der Waals surface area contributed by atoms with E-state index in [1.807, 2.05) is 13.8 Å². The molecule has 0 heterocycles. The highest BCUT2D eigenvalue weighted by molar-refractivity contribution is 7.81. The zero-order chi connectivity index (χ0) is 7.49. The predicted molar refractivity (Wildman–Crippen MR) is 42.7 cm³/mol. The predicted octanol–water partition coefficient (Wildman–Crippen LogP) is 0.405. The molecule has 0 bridgehead atoms. The molecule has 2 atom stereocenters. The fraction of sp³-hybridized carbons (Fsp3) is 1.00. The number of nitrogens with two attached hydrogens (primary N) is 1. The van der Waals surface area contributed by atoms with Gasteiger partial charge in [-0.15, -0.1) is 0 Å². The second kappa shape index (κ2) is 3.44. The maximum Gasteiger partial charge on any atom is 0.0565 e. The lowest BCUT2D eigenvalue weighted by Gasteiger charge is -2.27. The number of thiol groups is 1. The van der Waals surface area contributed by atoms with Gasteiger partial charge in [-0.2, -0.15) is 12.6 Å². The van der Waals surface area contributed by atoms with Crippen LogP contribution in [0.5, 0.6) is 0 Å². The van der Waals surface area contributed by atoms with Gasteiger partial charge in [-0.05, 0) is 13.3 Å². The van der Waals surface area contributed by atoms with Crippen molar-refractivity contribution in [1.29, 1.82) is 0 Å². The molecule has 0 spiro atoms. The van der Waals surface area contributed by atoms with E-state index in [-0.39, 0.29) is 17.4 Å². The van der Waals surface area contributed by atoms with Gasteiger partial charge in [-0.1, -0.05) is 6.92 Å². The molecule has 1 unspecified atom stereocenters. The smallest absolute Gasteiger partial charge is 0.0565 e. The Bertz CT molecular complexity index is 85.1. The SMILES string of the molecule is CC[C@](C)(N)C(S)CO. The van der Waals surface area contributed by atoms with Crippen LogP contribution in [0.2, 0.25) is 0 Å². The summed E-state index contributed by atoms with van der Waals surface area (Å²) in [7, 11) is 0. The highest BCUT2D eigenvalue weighted by Gasteiger charge is 2.23. The number of hydrogen-bond donors (Lipinski definition) is 3.